The van der Waals surface area contributed by atoms with Gasteiger partial charge in [-0.1, -0.05) is 19.1 Å². The molecule has 0 fully saturated rings. The quantitative estimate of drug-likeness (QED) is 0.745. The first-order valence-corrected chi connectivity index (χ1v) is 6.03. The van der Waals surface area contributed by atoms with Crippen molar-refractivity contribution in [2.24, 2.45) is 5.92 Å². The Kier molecular flexibility index (Phi) is 3.94. The Bertz CT molecular complexity index is 536. The van der Waals surface area contributed by atoms with Gasteiger partial charge in [0, 0.05) is 18.5 Å². The first-order valence-electron chi connectivity index (χ1n) is 6.03. The molecule has 18 heavy (non-hydrogen) atoms. The number of amides is 1. The first kappa shape index (κ1) is 12.6. The number of aromatic amines is 1. The Balaban J connectivity index is 2.07. The number of benzene rings is 1. The highest BCUT2D eigenvalue weighted by atomic mass is 16.3. The number of carbonyl (C=O) groups is 1. The van der Waals surface area contributed by atoms with Crippen LogP contribution in [0.25, 0.3) is 10.9 Å². The van der Waals surface area contributed by atoms with Crippen LogP contribution in [-0.2, 0) is 0 Å². The number of carbonyl (C=O) groups excluding carboxylic acids is 1. The summed E-state index contributed by atoms with van der Waals surface area (Å²) in [4.78, 5) is 12.0. The fourth-order valence-corrected chi connectivity index (χ4v) is 1.84. The summed E-state index contributed by atoms with van der Waals surface area (Å²) in [6.45, 7) is 2.70. The minimum atomic E-state index is -0.116. The van der Waals surface area contributed by atoms with Gasteiger partial charge < -0.3 is 10.4 Å². The number of nitrogens with one attached hydrogen (secondary N) is 2. The molecule has 1 aromatic carbocycles. The molecule has 1 atom stereocenters. The average molecular weight is 247 g/mol. The van der Waals surface area contributed by atoms with Gasteiger partial charge >= 0.3 is 0 Å². The van der Waals surface area contributed by atoms with Gasteiger partial charge in [0.2, 0.25) is 0 Å². The number of para-hydroxylation sites is 1. The molecule has 0 bridgehead atoms. The minimum absolute atomic E-state index is 0.116. The van der Waals surface area contributed by atoms with Gasteiger partial charge in [-0.3, -0.25) is 9.89 Å². The summed E-state index contributed by atoms with van der Waals surface area (Å²) in [6, 6.07) is 5.51. The second-order valence-electron chi connectivity index (χ2n) is 4.47. The van der Waals surface area contributed by atoms with E-state index in [9.17, 15) is 4.79 Å². The summed E-state index contributed by atoms with van der Waals surface area (Å²) in [5.41, 5.74) is 1.35. The fraction of sp³-hybridized carbons (Fsp3) is 0.385. The van der Waals surface area contributed by atoms with E-state index in [1.54, 1.807) is 12.3 Å². The molecule has 0 spiro atoms. The lowest BCUT2D eigenvalue weighted by molar-refractivity contribution is 0.0947. The van der Waals surface area contributed by atoms with Gasteiger partial charge in [-0.05, 0) is 18.4 Å². The van der Waals surface area contributed by atoms with Crippen molar-refractivity contribution < 1.29 is 9.90 Å². The molecule has 96 valence electrons. The molecule has 2 rings (SSSR count). The number of H-pyrrole nitrogens is 1. The van der Waals surface area contributed by atoms with E-state index in [0.717, 1.165) is 10.9 Å². The van der Waals surface area contributed by atoms with Crippen LogP contribution < -0.4 is 5.32 Å². The van der Waals surface area contributed by atoms with Crippen LogP contribution in [0.5, 0.6) is 0 Å². The third-order valence-electron chi connectivity index (χ3n) is 2.95. The average Bonchev–Trinajstić information content (AvgIpc) is 2.84. The zero-order valence-corrected chi connectivity index (χ0v) is 10.3. The van der Waals surface area contributed by atoms with Crippen molar-refractivity contribution in [2.45, 2.75) is 13.3 Å². The van der Waals surface area contributed by atoms with Crippen LogP contribution in [0.2, 0.25) is 0 Å². The summed E-state index contributed by atoms with van der Waals surface area (Å²) < 4.78 is 0. The second kappa shape index (κ2) is 5.64. The van der Waals surface area contributed by atoms with E-state index in [0.29, 0.717) is 18.5 Å². The molecule has 1 unspecified atom stereocenters. The van der Waals surface area contributed by atoms with E-state index in [4.69, 9.17) is 5.11 Å². The molecule has 5 heteroatoms. The number of hydrogen-bond donors (Lipinski definition) is 3. The van der Waals surface area contributed by atoms with Gasteiger partial charge in [0.15, 0.2) is 0 Å². The molecule has 1 amide bonds. The van der Waals surface area contributed by atoms with Crippen molar-refractivity contribution >= 4 is 16.8 Å². The number of aliphatic hydroxyl groups is 1. The van der Waals surface area contributed by atoms with Crippen LogP contribution in [0, 0.1) is 5.92 Å². The molecule has 0 aliphatic carbocycles. The van der Waals surface area contributed by atoms with Crippen molar-refractivity contribution in [1.29, 1.82) is 0 Å². The van der Waals surface area contributed by atoms with Crippen LogP contribution in [0.3, 0.4) is 0 Å². The standard InChI is InChI=1S/C13H17N3O2/c1-9(5-6-17)7-14-13(18)11-4-2-3-10-8-15-16-12(10)11/h2-4,8-9,17H,5-7H2,1H3,(H,14,18)(H,15,16). The molecule has 1 heterocycles. The van der Waals surface area contributed by atoms with Gasteiger partial charge in [-0.25, -0.2) is 0 Å². The van der Waals surface area contributed by atoms with Crippen molar-refractivity contribution in [2.75, 3.05) is 13.2 Å². The third kappa shape index (κ3) is 2.68. The lowest BCUT2D eigenvalue weighted by Gasteiger charge is -2.11. The van der Waals surface area contributed by atoms with Crippen molar-refractivity contribution in [1.82, 2.24) is 15.5 Å². The van der Waals surface area contributed by atoms with Crippen LogP contribution >= 0.6 is 0 Å². The van der Waals surface area contributed by atoms with Crippen LogP contribution in [-0.4, -0.2) is 34.4 Å². The van der Waals surface area contributed by atoms with Crippen LogP contribution in [0.1, 0.15) is 23.7 Å². The predicted octanol–water partition coefficient (Wildman–Crippen LogP) is 1.31. The third-order valence-corrected chi connectivity index (χ3v) is 2.95. The van der Waals surface area contributed by atoms with Crippen molar-refractivity contribution in [3.8, 4) is 0 Å². The monoisotopic (exact) mass is 247 g/mol. The van der Waals surface area contributed by atoms with Crippen LogP contribution in [0.15, 0.2) is 24.4 Å². The maximum absolute atomic E-state index is 12.0. The van der Waals surface area contributed by atoms with Gasteiger partial charge in [0.05, 0.1) is 17.3 Å². The number of fused-ring (bicyclic) bond motifs is 1. The summed E-state index contributed by atoms with van der Waals surface area (Å²) in [7, 11) is 0. The fourth-order valence-electron chi connectivity index (χ4n) is 1.84. The Morgan fingerprint density at radius 2 is 2.39 bits per heavy atom. The van der Waals surface area contributed by atoms with E-state index in [1.165, 1.54) is 0 Å². The molecule has 1 aromatic heterocycles. The highest BCUT2D eigenvalue weighted by Gasteiger charge is 2.11. The lowest BCUT2D eigenvalue weighted by Crippen LogP contribution is -2.28. The molecule has 0 aliphatic heterocycles. The molecular formula is C13H17N3O2. The van der Waals surface area contributed by atoms with Gasteiger partial charge in [-0.2, -0.15) is 5.10 Å². The zero-order valence-electron chi connectivity index (χ0n) is 10.3. The summed E-state index contributed by atoms with van der Waals surface area (Å²) >= 11 is 0. The van der Waals surface area contributed by atoms with Gasteiger partial charge in [-0.15, -0.1) is 0 Å². The number of rotatable bonds is 5. The number of hydrogen-bond acceptors (Lipinski definition) is 3. The molecule has 0 radical (unpaired) electrons. The highest BCUT2D eigenvalue weighted by Crippen LogP contribution is 2.15. The van der Waals surface area contributed by atoms with Crippen molar-refractivity contribution in [3.05, 3.63) is 30.0 Å². The molecule has 0 saturated heterocycles. The largest absolute Gasteiger partial charge is 0.396 e. The number of aromatic nitrogens is 2. The van der Waals surface area contributed by atoms with E-state index in [1.807, 2.05) is 19.1 Å². The normalized spacial score (nSPS) is 12.6. The molecule has 5 nitrogen and oxygen atoms in total. The summed E-state index contributed by atoms with van der Waals surface area (Å²) in [6.07, 6.45) is 2.38. The van der Waals surface area contributed by atoms with Crippen LogP contribution in [0.4, 0.5) is 0 Å². The maximum atomic E-state index is 12.0. The first-order chi connectivity index (χ1) is 8.72. The molecular weight excluding hydrogens is 230 g/mol. The van der Waals surface area contributed by atoms with Gasteiger partial charge in [0.25, 0.3) is 5.91 Å². The highest BCUT2D eigenvalue weighted by molar-refractivity contribution is 6.05. The SMILES string of the molecule is CC(CCO)CNC(=O)c1cccc2cn[nH]c12. The van der Waals surface area contributed by atoms with Crippen molar-refractivity contribution in [3.63, 3.8) is 0 Å². The molecule has 2 aromatic rings. The summed E-state index contributed by atoms with van der Waals surface area (Å²) in [5, 5.41) is 19.4. The van der Waals surface area contributed by atoms with E-state index in [2.05, 4.69) is 15.5 Å². The Hall–Kier alpha value is -1.88. The Labute approximate surface area is 105 Å². The second-order valence-corrected chi connectivity index (χ2v) is 4.47. The topological polar surface area (TPSA) is 78.0 Å². The molecule has 3 N–H and O–H groups in total. The smallest absolute Gasteiger partial charge is 0.253 e. The van der Waals surface area contributed by atoms with E-state index >= 15 is 0 Å². The Morgan fingerprint density at radius 1 is 1.56 bits per heavy atom. The molecule has 0 saturated carbocycles. The van der Waals surface area contributed by atoms with E-state index in [-0.39, 0.29) is 18.4 Å². The zero-order chi connectivity index (χ0) is 13.0. The maximum Gasteiger partial charge on any atom is 0.253 e. The number of nitrogens with zero attached hydrogens (tertiary/aromatic N) is 1. The van der Waals surface area contributed by atoms with Gasteiger partial charge in [0.1, 0.15) is 0 Å². The minimum Gasteiger partial charge on any atom is -0.396 e. The lowest BCUT2D eigenvalue weighted by atomic mass is 10.1. The Morgan fingerprint density at radius 3 is 3.17 bits per heavy atom. The number of aliphatic hydroxyl groups excluding tert-OH is 1. The molecule has 0 aliphatic rings. The summed E-state index contributed by atoms with van der Waals surface area (Å²) in [5.74, 6) is 0.148. The predicted molar refractivity (Wildman–Crippen MR) is 69.3 cm³/mol. The van der Waals surface area contributed by atoms with E-state index < -0.39 is 0 Å².